The highest BCUT2D eigenvalue weighted by molar-refractivity contribution is 8.00. The molecule has 1 aromatic heterocycles. The largest absolute Gasteiger partial charge is 0.506 e. The third kappa shape index (κ3) is 4.05. The van der Waals surface area contributed by atoms with Crippen molar-refractivity contribution in [2.45, 2.75) is 18.5 Å². The molecule has 0 aliphatic carbocycles. The number of halogens is 4. The molecule has 1 aliphatic rings. The van der Waals surface area contributed by atoms with Crippen molar-refractivity contribution in [1.82, 2.24) is 4.98 Å². The molecule has 0 bridgehead atoms. The minimum Gasteiger partial charge on any atom is -0.506 e. The standard InChI is InChI=1S/C22H15ClF3NO4S/c23-16-9-8-15(22(24,25)26)18(20(16)31-11-13-5-2-1-3-6-13)21-19(28)14-7-4-10-27-17(14)12-32(21,29)30/h1-10,28H,11-12H2. The average Bonchev–Trinajstić information content (AvgIpc) is 2.72. The fourth-order valence-corrected chi connectivity index (χ4v) is 5.32. The summed E-state index contributed by atoms with van der Waals surface area (Å²) in [5.74, 6) is -2.00. The van der Waals surface area contributed by atoms with Crippen LogP contribution in [0.1, 0.15) is 27.9 Å². The summed E-state index contributed by atoms with van der Waals surface area (Å²) in [5, 5.41) is 10.6. The Morgan fingerprint density at radius 3 is 2.47 bits per heavy atom. The quantitative estimate of drug-likeness (QED) is 0.521. The summed E-state index contributed by atoms with van der Waals surface area (Å²) < 4.78 is 73.5. The number of hydrogen-bond donors (Lipinski definition) is 1. The van der Waals surface area contributed by atoms with Crippen molar-refractivity contribution in [3.63, 3.8) is 0 Å². The predicted molar refractivity (Wildman–Crippen MR) is 114 cm³/mol. The first-order chi connectivity index (χ1) is 15.1. The SMILES string of the molecule is O=S1(=O)Cc2ncccc2C(O)=C1c1c(C(F)(F)F)ccc(Cl)c1OCc1ccccc1. The van der Waals surface area contributed by atoms with Crippen LogP contribution in [0.2, 0.25) is 5.02 Å². The van der Waals surface area contributed by atoms with Gasteiger partial charge in [0.1, 0.15) is 23.0 Å². The van der Waals surface area contributed by atoms with E-state index >= 15 is 0 Å². The normalized spacial score (nSPS) is 15.4. The molecule has 166 valence electrons. The number of alkyl halides is 3. The second-order valence-electron chi connectivity index (χ2n) is 7.01. The molecular formula is C22H15ClF3NO4S. The molecule has 0 amide bonds. The lowest BCUT2D eigenvalue weighted by atomic mass is 10.0. The Balaban J connectivity index is 1.99. The minimum absolute atomic E-state index is 0.0273. The van der Waals surface area contributed by atoms with Crippen LogP contribution in [-0.4, -0.2) is 18.5 Å². The van der Waals surface area contributed by atoms with Crippen LogP contribution in [0, 0.1) is 0 Å². The summed E-state index contributed by atoms with van der Waals surface area (Å²) in [7, 11) is -4.42. The second kappa shape index (κ2) is 8.14. The Bertz CT molecular complexity index is 1320. The van der Waals surface area contributed by atoms with Gasteiger partial charge in [-0.05, 0) is 29.8 Å². The van der Waals surface area contributed by atoms with Crippen molar-refractivity contribution in [3.05, 3.63) is 93.8 Å². The lowest BCUT2D eigenvalue weighted by molar-refractivity contribution is -0.137. The molecule has 2 heterocycles. The zero-order valence-electron chi connectivity index (χ0n) is 16.2. The van der Waals surface area contributed by atoms with Crippen LogP contribution in [0.25, 0.3) is 10.7 Å². The number of pyridine rings is 1. The van der Waals surface area contributed by atoms with Crippen molar-refractivity contribution in [2.24, 2.45) is 0 Å². The zero-order valence-corrected chi connectivity index (χ0v) is 17.8. The number of aromatic nitrogens is 1. The van der Waals surface area contributed by atoms with Crippen molar-refractivity contribution in [2.75, 3.05) is 0 Å². The minimum atomic E-state index is -4.94. The summed E-state index contributed by atoms with van der Waals surface area (Å²) in [4.78, 5) is 3.04. The summed E-state index contributed by atoms with van der Waals surface area (Å²) in [6.07, 6.45) is -3.61. The van der Waals surface area contributed by atoms with Gasteiger partial charge in [-0.15, -0.1) is 0 Å². The summed E-state index contributed by atoms with van der Waals surface area (Å²) in [6.45, 7) is -0.166. The number of fused-ring (bicyclic) bond motifs is 1. The molecule has 0 fully saturated rings. The smallest absolute Gasteiger partial charge is 0.417 e. The summed E-state index contributed by atoms with van der Waals surface area (Å²) in [6, 6.07) is 13.1. The van der Waals surface area contributed by atoms with Crippen LogP contribution in [0.4, 0.5) is 13.2 Å². The van der Waals surface area contributed by atoms with Crippen LogP contribution in [0.15, 0.2) is 60.8 Å². The summed E-state index contributed by atoms with van der Waals surface area (Å²) in [5.41, 5.74) is -1.42. The maximum Gasteiger partial charge on any atom is 0.417 e. The van der Waals surface area contributed by atoms with Crippen molar-refractivity contribution >= 4 is 32.1 Å². The highest BCUT2D eigenvalue weighted by Crippen LogP contribution is 2.48. The van der Waals surface area contributed by atoms with Gasteiger partial charge in [0.15, 0.2) is 9.84 Å². The van der Waals surface area contributed by atoms with Gasteiger partial charge in [-0.3, -0.25) is 4.98 Å². The van der Waals surface area contributed by atoms with Crippen LogP contribution < -0.4 is 4.74 Å². The monoisotopic (exact) mass is 481 g/mol. The number of hydrogen-bond acceptors (Lipinski definition) is 5. The molecule has 0 atom stereocenters. The Kier molecular flexibility index (Phi) is 5.64. The molecule has 0 saturated heterocycles. The molecule has 2 aromatic carbocycles. The van der Waals surface area contributed by atoms with E-state index in [0.717, 1.165) is 6.07 Å². The maximum absolute atomic E-state index is 13.9. The van der Waals surface area contributed by atoms with Crippen molar-refractivity contribution in [1.29, 1.82) is 0 Å². The average molecular weight is 482 g/mol. The first-order valence-corrected chi connectivity index (χ1v) is 11.3. The molecule has 32 heavy (non-hydrogen) atoms. The highest BCUT2D eigenvalue weighted by atomic mass is 35.5. The van der Waals surface area contributed by atoms with Gasteiger partial charge in [-0.1, -0.05) is 41.9 Å². The van der Waals surface area contributed by atoms with E-state index in [9.17, 15) is 26.7 Å². The third-order valence-electron chi connectivity index (χ3n) is 4.87. The first-order valence-electron chi connectivity index (χ1n) is 9.26. The molecule has 5 nitrogen and oxygen atoms in total. The van der Waals surface area contributed by atoms with Gasteiger partial charge in [-0.25, -0.2) is 8.42 Å². The topological polar surface area (TPSA) is 76.5 Å². The third-order valence-corrected chi connectivity index (χ3v) is 6.84. The Morgan fingerprint density at radius 1 is 1.06 bits per heavy atom. The Morgan fingerprint density at radius 2 is 1.78 bits per heavy atom. The summed E-state index contributed by atoms with van der Waals surface area (Å²) >= 11 is 6.17. The van der Waals surface area contributed by atoms with E-state index in [4.69, 9.17) is 16.3 Å². The highest BCUT2D eigenvalue weighted by Gasteiger charge is 2.42. The molecule has 1 N–H and O–H groups in total. The van der Waals surface area contributed by atoms with E-state index in [2.05, 4.69) is 4.98 Å². The second-order valence-corrected chi connectivity index (χ2v) is 9.34. The number of benzene rings is 2. The number of aliphatic hydroxyl groups is 1. The number of nitrogens with zero attached hydrogens (tertiary/aromatic N) is 1. The van der Waals surface area contributed by atoms with Gasteiger partial charge >= 0.3 is 6.18 Å². The molecular weight excluding hydrogens is 467 g/mol. The lowest BCUT2D eigenvalue weighted by Crippen LogP contribution is -2.20. The fraction of sp³-hybridized carbons (Fsp3) is 0.136. The Hall–Kier alpha value is -3.04. The van der Waals surface area contributed by atoms with Gasteiger partial charge in [0, 0.05) is 11.8 Å². The van der Waals surface area contributed by atoms with E-state index in [0.29, 0.717) is 11.6 Å². The molecule has 0 radical (unpaired) electrons. The van der Waals surface area contributed by atoms with Crippen LogP contribution >= 0.6 is 11.6 Å². The maximum atomic E-state index is 13.9. The van der Waals surface area contributed by atoms with Gasteiger partial charge in [0.05, 0.1) is 27.6 Å². The van der Waals surface area contributed by atoms with Crippen molar-refractivity contribution in [3.8, 4) is 5.75 Å². The zero-order chi connectivity index (χ0) is 23.1. The molecule has 3 aromatic rings. The lowest BCUT2D eigenvalue weighted by Gasteiger charge is -2.24. The van der Waals surface area contributed by atoms with E-state index < -0.39 is 49.3 Å². The van der Waals surface area contributed by atoms with E-state index in [1.807, 2.05) is 0 Å². The van der Waals surface area contributed by atoms with Gasteiger partial charge in [0.2, 0.25) is 0 Å². The van der Waals surface area contributed by atoms with Gasteiger partial charge in [0.25, 0.3) is 0 Å². The first kappa shape index (κ1) is 22.2. The van der Waals surface area contributed by atoms with Crippen LogP contribution in [0.5, 0.6) is 5.75 Å². The molecule has 0 unspecified atom stereocenters. The Labute approximate surface area is 186 Å². The van der Waals surface area contributed by atoms with Crippen LogP contribution in [-0.2, 0) is 28.4 Å². The number of sulfone groups is 1. The predicted octanol–water partition coefficient (Wildman–Crippen LogP) is 5.65. The molecule has 0 saturated carbocycles. The molecule has 1 aliphatic heterocycles. The van der Waals surface area contributed by atoms with E-state index in [1.165, 1.54) is 18.3 Å². The van der Waals surface area contributed by atoms with Gasteiger partial charge < -0.3 is 9.84 Å². The molecule has 4 rings (SSSR count). The fourth-order valence-electron chi connectivity index (χ4n) is 3.45. The number of rotatable bonds is 4. The van der Waals surface area contributed by atoms with Crippen molar-refractivity contribution < 1.29 is 31.4 Å². The molecule has 0 spiro atoms. The molecule has 10 heteroatoms. The number of ether oxygens (including phenoxy) is 1. The van der Waals surface area contributed by atoms with E-state index in [-0.39, 0.29) is 22.9 Å². The van der Waals surface area contributed by atoms with Crippen LogP contribution in [0.3, 0.4) is 0 Å². The van der Waals surface area contributed by atoms with Gasteiger partial charge in [-0.2, -0.15) is 13.2 Å². The van der Waals surface area contributed by atoms with E-state index in [1.54, 1.807) is 30.3 Å². The number of aliphatic hydroxyl groups excluding tert-OH is 1.